The molecule has 3 rings (SSSR count). The van der Waals surface area contributed by atoms with Crippen LogP contribution in [0.3, 0.4) is 0 Å². The Bertz CT molecular complexity index is 532. The third kappa shape index (κ3) is 3.48. The Kier molecular flexibility index (Phi) is 4.51. The predicted octanol–water partition coefficient (Wildman–Crippen LogP) is 3.41. The fourth-order valence-electron chi connectivity index (χ4n) is 2.71. The maximum atomic E-state index is 5.83. The van der Waals surface area contributed by atoms with Crippen molar-refractivity contribution in [3.8, 4) is 0 Å². The molecule has 1 saturated carbocycles. The highest BCUT2D eigenvalue weighted by molar-refractivity contribution is 7.07. The van der Waals surface area contributed by atoms with Gasteiger partial charge in [-0.1, -0.05) is 24.3 Å². The first-order valence-corrected chi connectivity index (χ1v) is 8.33. The molecule has 2 nitrogen and oxygen atoms in total. The number of hydrogen-bond acceptors (Lipinski definition) is 3. The van der Waals surface area contributed by atoms with Crippen LogP contribution in [0.1, 0.15) is 29.5 Å². The smallest absolute Gasteiger partial charge is 0.0245 e. The van der Waals surface area contributed by atoms with Gasteiger partial charge in [0, 0.05) is 25.7 Å². The molecule has 1 heterocycles. The highest BCUT2D eigenvalue weighted by atomic mass is 32.1. The fourth-order valence-corrected chi connectivity index (χ4v) is 3.37. The molecule has 0 amide bonds. The summed E-state index contributed by atoms with van der Waals surface area (Å²) in [6.45, 7) is 2.88. The van der Waals surface area contributed by atoms with Gasteiger partial charge >= 0.3 is 0 Å². The Morgan fingerprint density at radius 3 is 2.60 bits per heavy atom. The van der Waals surface area contributed by atoms with E-state index >= 15 is 0 Å². The van der Waals surface area contributed by atoms with E-state index < -0.39 is 0 Å². The third-order valence-corrected chi connectivity index (χ3v) is 4.77. The molecule has 0 radical (unpaired) electrons. The zero-order valence-electron chi connectivity index (χ0n) is 11.8. The van der Waals surface area contributed by atoms with E-state index in [1.54, 1.807) is 11.3 Å². The maximum absolute atomic E-state index is 5.83. The topological polar surface area (TPSA) is 29.3 Å². The quantitative estimate of drug-likeness (QED) is 0.845. The summed E-state index contributed by atoms with van der Waals surface area (Å²) in [6.07, 6.45) is 3.83. The van der Waals surface area contributed by atoms with Gasteiger partial charge in [-0.2, -0.15) is 11.3 Å². The molecule has 1 aromatic carbocycles. The molecule has 3 heteroatoms. The number of hydrogen-bond donors (Lipinski definition) is 1. The number of benzene rings is 1. The van der Waals surface area contributed by atoms with Crippen molar-refractivity contribution in [3.05, 3.63) is 57.8 Å². The first kappa shape index (κ1) is 13.8. The van der Waals surface area contributed by atoms with Crippen LogP contribution in [0.15, 0.2) is 41.1 Å². The maximum Gasteiger partial charge on any atom is 0.0245 e. The summed E-state index contributed by atoms with van der Waals surface area (Å²) in [5.41, 5.74) is 9.98. The Balaban J connectivity index is 1.62. The summed E-state index contributed by atoms with van der Waals surface area (Å²) in [5.74, 6) is 0. The van der Waals surface area contributed by atoms with Gasteiger partial charge in [0.15, 0.2) is 0 Å². The van der Waals surface area contributed by atoms with Crippen molar-refractivity contribution in [3.63, 3.8) is 0 Å². The molecule has 0 aliphatic heterocycles. The number of nitrogens with two attached hydrogens (primary N) is 1. The molecule has 1 aliphatic rings. The fraction of sp³-hybridized carbons (Fsp3) is 0.412. The van der Waals surface area contributed by atoms with Crippen LogP contribution < -0.4 is 5.73 Å². The van der Waals surface area contributed by atoms with Gasteiger partial charge in [0.05, 0.1) is 0 Å². The summed E-state index contributed by atoms with van der Waals surface area (Å²) < 4.78 is 0. The second-order valence-electron chi connectivity index (χ2n) is 5.56. The van der Waals surface area contributed by atoms with Gasteiger partial charge in [-0.25, -0.2) is 0 Å². The van der Waals surface area contributed by atoms with Gasteiger partial charge in [-0.15, -0.1) is 0 Å². The van der Waals surface area contributed by atoms with Crippen LogP contribution in [0, 0.1) is 0 Å². The minimum Gasteiger partial charge on any atom is -0.326 e. The zero-order chi connectivity index (χ0) is 13.8. The first-order chi connectivity index (χ1) is 9.86. The lowest BCUT2D eigenvalue weighted by Crippen LogP contribution is -2.28. The van der Waals surface area contributed by atoms with E-state index in [4.69, 9.17) is 5.73 Å². The molecule has 2 N–H and O–H groups in total. The molecule has 0 saturated heterocycles. The van der Waals surface area contributed by atoms with Crippen molar-refractivity contribution < 1.29 is 0 Å². The largest absolute Gasteiger partial charge is 0.326 e. The summed E-state index contributed by atoms with van der Waals surface area (Å²) in [5, 5.41) is 4.44. The van der Waals surface area contributed by atoms with Gasteiger partial charge in [0.2, 0.25) is 0 Å². The lowest BCUT2D eigenvalue weighted by Gasteiger charge is -2.22. The zero-order valence-corrected chi connectivity index (χ0v) is 12.6. The molecule has 2 aromatic rings. The Morgan fingerprint density at radius 1 is 1.15 bits per heavy atom. The van der Waals surface area contributed by atoms with E-state index in [9.17, 15) is 0 Å². The highest BCUT2D eigenvalue weighted by Gasteiger charge is 2.28. The predicted molar refractivity (Wildman–Crippen MR) is 85.8 cm³/mol. The lowest BCUT2D eigenvalue weighted by atomic mass is 10.0. The first-order valence-electron chi connectivity index (χ1n) is 7.39. The van der Waals surface area contributed by atoms with Crippen molar-refractivity contribution in [1.29, 1.82) is 0 Å². The second kappa shape index (κ2) is 6.53. The van der Waals surface area contributed by atoms with Crippen molar-refractivity contribution in [2.24, 2.45) is 5.73 Å². The van der Waals surface area contributed by atoms with Crippen LogP contribution in [-0.2, 0) is 19.5 Å². The minimum absolute atomic E-state index is 0.643. The van der Waals surface area contributed by atoms with Crippen LogP contribution in [0.2, 0.25) is 0 Å². The van der Waals surface area contributed by atoms with Gasteiger partial charge in [0.1, 0.15) is 0 Å². The second-order valence-corrected chi connectivity index (χ2v) is 6.34. The van der Waals surface area contributed by atoms with Crippen molar-refractivity contribution in [2.45, 2.75) is 38.4 Å². The molecule has 1 fully saturated rings. The molecule has 0 atom stereocenters. The molecule has 106 valence electrons. The standard InChI is InChI=1S/C17H22N2S/c18-11-16-4-2-1-3-15(16)7-9-19(17-5-6-17)12-14-8-10-20-13-14/h1-4,8,10,13,17H,5-7,9,11-12,18H2. The molecular weight excluding hydrogens is 264 g/mol. The number of rotatable bonds is 7. The average Bonchev–Trinajstić information content (AvgIpc) is 3.21. The summed E-state index contributed by atoms with van der Waals surface area (Å²) in [6, 6.07) is 11.6. The molecule has 0 spiro atoms. The van der Waals surface area contributed by atoms with Crippen LogP contribution in [-0.4, -0.2) is 17.5 Å². The average molecular weight is 286 g/mol. The summed E-state index contributed by atoms with van der Waals surface area (Å²) in [4.78, 5) is 2.63. The van der Waals surface area contributed by atoms with Gasteiger partial charge in [-0.05, 0) is 52.8 Å². The Labute approximate surface area is 125 Å². The van der Waals surface area contributed by atoms with Crippen molar-refractivity contribution in [1.82, 2.24) is 4.90 Å². The Hall–Kier alpha value is -1.16. The number of thiophene rings is 1. The summed E-state index contributed by atoms with van der Waals surface area (Å²) in [7, 11) is 0. The normalized spacial score (nSPS) is 14.9. The van der Waals surface area contributed by atoms with E-state index in [0.717, 1.165) is 25.6 Å². The van der Waals surface area contributed by atoms with Gasteiger partial charge in [0.25, 0.3) is 0 Å². The molecular formula is C17H22N2S. The Morgan fingerprint density at radius 2 is 1.95 bits per heavy atom. The van der Waals surface area contributed by atoms with Gasteiger partial charge in [-0.3, -0.25) is 4.90 Å². The SMILES string of the molecule is NCc1ccccc1CCN(Cc1ccsc1)C1CC1. The molecule has 1 aromatic heterocycles. The lowest BCUT2D eigenvalue weighted by molar-refractivity contribution is 0.258. The molecule has 0 unspecified atom stereocenters. The molecule has 20 heavy (non-hydrogen) atoms. The van der Waals surface area contributed by atoms with E-state index in [0.29, 0.717) is 6.54 Å². The van der Waals surface area contributed by atoms with E-state index in [1.165, 1.54) is 29.5 Å². The van der Waals surface area contributed by atoms with Crippen molar-refractivity contribution in [2.75, 3.05) is 6.54 Å². The molecule has 0 bridgehead atoms. The van der Waals surface area contributed by atoms with Crippen molar-refractivity contribution >= 4 is 11.3 Å². The third-order valence-electron chi connectivity index (χ3n) is 4.04. The van der Waals surface area contributed by atoms with E-state index in [1.807, 2.05) is 0 Å². The highest BCUT2D eigenvalue weighted by Crippen LogP contribution is 2.29. The summed E-state index contributed by atoms with van der Waals surface area (Å²) >= 11 is 1.79. The monoisotopic (exact) mass is 286 g/mol. The molecule has 1 aliphatic carbocycles. The minimum atomic E-state index is 0.643. The van der Waals surface area contributed by atoms with Gasteiger partial charge < -0.3 is 5.73 Å². The van der Waals surface area contributed by atoms with E-state index in [2.05, 4.69) is 46.0 Å². The van der Waals surface area contributed by atoms with Crippen LogP contribution >= 0.6 is 11.3 Å². The number of nitrogens with zero attached hydrogens (tertiary/aromatic N) is 1. The van der Waals surface area contributed by atoms with Crippen LogP contribution in [0.5, 0.6) is 0 Å². The van der Waals surface area contributed by atoms with Crippen LogP contribution in [0.25, 0.3) is 0 Å². The van der Waals surface area contributed by atoms with Crippen LogP contribution in [0.4, 0.5) is 0 Å². The van der Waals surface area contributed by atoms with E-state index in [-0.39, 0.29) is 0 Å².